The lowest BCUT2D eigenvalue weighted by Gasteiger charge is -2.39. The van der Waals surface area contributed by atoms with Crippen molar-refractivity contribution < 1.29 is 33.8 Å². The third-order valence-electron chi connectivity index (χ3n) is 11.2. The molecule has 3 aliphatic rings. The maximum absolute atomic E-state index is 15.0. The number of rotatable bonds is 16. The van der Waals surface area contributed by atoms with Crippen molar-refractivity contribution in [2.45, 2.75) is 75.1 Å². The Kier molecular flexibility index (Phi) is 11.6. The van der Waals surface area contributed by atoms with Gasteiger partial charge >= 0.3 is 5.97 Å². The maximum atomic E-state index is 15.0. The van der Waals surface area contributed by atoms with Crippen molar-refractivity contribution in [3.63, 3.8) is 0 Å². The van der Waals surface area contributed by atoms with Crippen LogP contribution in [0.1, 0.15) is 61.4 Å². The lowest BCUT2D eigenvalue weighted by Crippen LogP contribution is -2.57. The molecule has 1 N–H and O–H groups in total. The Labute approximate surface area is 311 Å². The summed E-state index contributed by atoms with van der Waals surface area (Å²) in [7, 11) is 1.69. The zero-order chi connectivity index (χ0) is 37.7. The Bertz CT molecular complexity index is 1790. The molecule has 6 rings (SSSR count). The third kappa shape index (κ3) is 7.18. The molecule has 3 heterocycles. The summed E-state index contributed by atoms with van der Waals surface area (Å²) in [5, 5.41) is 10.9. The number of aliphatic hydroxyl groups excluding tert-OH is 1. The first-order chi connectivity index (χ1) is 25.7. The zero-order valence-electron chi connectivity index (χ0n) is 30.5. The normalized spacial score (nSPS) is 24.5. The van der Waals surface area contributed by atoms with Crippen LogP contribution >= 0.6 is 0 Å². The number of allylic oxidation sites excluding steroid dienone is 1. The Balaban J connectivity index is 1.38. The van der Waals surface area contributed by atoms with Crippen LogP contribution in [0.5, 0.6) is 0 Å². The summed E-state index contributed by atoms with van der Waals surface area (Å²) in [6, 6.07) is 25.4. The fraction of sp³-hybridized carbons (Fsp3) is 0.395. The predicted octanol–water partition coefficient (Wildman–Crippen LogP) is 5.41. The molecule has 10 nitrogen and oxygen atoms in total. The number of likely N-dealkylation sites (tertiary alicyclic amines) is 1. The quantitative estimate of drug-likeness (QED) is 0.156. The topological polar surface area (TPSA) is 117 Å². The fourth-order valence-electron chi connectivity index (χ4n) is 8.49. The number of benzene rings is 3. The molecule has 0 unspecified atom stereocenters. The van der Waals surface area contributed by atoms with Gasteiger partial charge in [0.25, 0.3) is 0 Å². The van der Waals surface area contributed by atoms with Crippen LogP contribution in [0.2, 0.25) is 0 Å². The van der Waals surface area contributed by atoms with E-state index < -0.39 is 66.3 Å². The number of esters is 1. The lowest BCUT2D eigenvalue weighted by molar-refractivity contribution is -0.165. The van der Waals surface area contributed by atoms with Gasteiger partial charge in [0.05, 0.1) is 36.6 Å². The van der Waals surface area contributed by atoms with Gasteiger partial charge in [-0.1, -0.05) is 103 Å². The molecule has 0 saturated carbocycles. The number of hydrogen-bond donors (Lipinski definition) is 1. The SMILES string of the molecule is C=CCCC(=O)N(C)[C@@H](C)[C@@H](OC(=O)[C@@H]1[C@@H]2CC[C@]3(O2)[C@H](C(=O)N(CC=C)Cc2ccccc2)N([C@H](CO)c2ccccc2)C(=O)[C@@H]13)c1ccccc1. The van der Waals surface area contributed by atoms with Crippen molar-refractivity contribution in [2.75, 3.05) is 20.2 Å². The average molecular weight is 720 g/mol. The van der Waals surface area contributed by atoms with Crippen LogP contribution < -0.4 is 0 Å². The number of nitrogens with zero attached hydrogens (tertiary/aromatic N) is 3. The summed E-state index contributed by atoms with van der Waals surface area (Å²) in [6.45, 7) is 9.49. The molecular weight excluding hydrogens is 670 g/mol. The van der Waals surface area contributed by atoms with Crippen molar-refractivity contribution in [3.8, 4) is 0 Å². The minimum Gasteiger partial charge on any atom is -0.455 e. The van der Waals surface area contributed by atoms with Gasteiger partial charge in [-0.25, -0.2) is 0 Å². The summed E-state index contributed by atoms with van der Waals surface area (Å²) in [4.78, 5) is 62.3. The van der Waals surface area contributed by atoms with E-state index in [0.717, 1.165) is 5.56 Å². The molecule has 3 fully saturated rings. The largest absolute Gasteiger partial charge is 0.455 e. The van der Waals surface area contributed by atoms with E-state index in [1.807, 2.05) is 97.9 Å². The minimum absolute atomic E-state index is 0.116. The minimum atomic E-state index is -1.33. The molecule has 3 saturated heterocycles. The van der Waals surface area contributed by atoms with E-state index >= 15 is 0 Å². The van der Waals surface area contributed by atoms with Crippen LogP contribution in [-0.2, 0) is 35.2 Å². The van der Waals surface area contributed by atoms with Gasteiger partial charge in [-0.2, -0.15) is 0 Å². The van der Waals surface area contributed by atoms with Crippen LogP contribution in [0.3, 0.4) is 0 Å². The van der Waals surface area contributed by atoms with Crippen molar-refractivity contribution in [3.05, 3.63) is 133 Å². The van der Waals surface area contributed by atoms with Gasteiger partial charge in [-0.3, -0.25) is 19.2 Å². The number of carbonyl (C=O) groups is 4. The van der Waals surface area contributed by atoms with E-state index in [0.29, 0.717) is 30.4 Å². The predicted molar refractivity (Wildman–Crippen MR) is 200 cm³/mol. The highest BCUT2D eigenvalue weighted by atomic mass is 16.6. The number of fused-ring (bicyclic) bond motifs is 1. The summed E-state index contributed by atoms with van der Waals surface area (Å²) in [5.41, 5.74) is 0.938. The van der Waals surface area contributed by atoms with Gasteiger partial charge in [-0.15, -0.1) is 13.2 Å². The second kappa shape index (κ2) is 16.3. The van der Waals surface area contributed by atoms with Crippen LogP contribution in [0, 0.1) is 11.8 Å². The van der Waals surface area contributed by atoms with Gasteiger partial charge in [-0.05, 0) is 42.9 Å². The molecule has 1 spiro atoms. The van der Waals surface area contributed by atoms with E-state index in [1.54, 1.807) is 29.0 Å². The average Bonchev–Trinajstić information content (AvgIpc) is 3.84. The number of likely N-dealkylation sites (N-methyl/N-ethyl adjacent to an activating group) is 1. The molecule has 3 amide bonds. The number of carbonyl (C=O) groups excluding carboxylic acids is 4. The molecule has 3 aromatic rings. The van der Waals surface area contributed by atoms with Crippen LogP contribution in [0.15, 0.2) is 116 Å². The smallest absolute Gasteiger partial charge is 0.313 e. The molecule has 8 atom stereocenters. The highest BCUT2D eigenvalue weighted by Crippen LogP contribution is 2.60. The number of ether oxygens (including phenoxy) is 2. The van der Waals surface area contributed by atoms with Crippen LogP contribution in [0.25, 0.3) is 0 Å². The monoisotopic (exact) mass is 719 g/mol. The van der Waals surface area contributed by atoms with Gasteiger partial charge < -0.3 is 29.3 Å². The molecule has 3 aromatic carbocycles. The zero-order valence-corrected chi connectivity index (χ0v) is 30.5. The molecule has 0 radical (unpaired) electrons. The van der Waals surface area contributed by atoms with E-state index in [2.05, 4.69) is 13.2 Å². The second-order valence-corrected chi connectivity index (χ2v) is 14.2. The number of aliphatic hydroxyl groups is 1. The summed E-state index contributed by atoms with van der Waals surface area (Å²) < 4.78 is 13.1. The Morgan fingerprint density at radius 2 is 1.60 bits per heavy atom. The first-order valence-electron chi connectivity index (χ1n) is 18.4. The van der Waals surface area contributed by atoms with E-state index in [-0.39, 0.29) is 31.3 Å². The van der Waals surface area contributed by atoms with Crippen molar-refractivity contribution in [2.24, 2.45) is 11.8 Å². The maximum Gasteiger partial charge on any atom is 0.313 e. The van der Waals surface area contributed by atoms with Gasteiger partial charge in [0, 0.05) is 26.6 Å². The van der Waals surface area contributed by atoms with Crippen LogP contribution in [0.4, 0.5) is 0 Å². The highest BCUT2D eigenvalue weighted by molar-refractivity contribution is 5.98. The molecule has 2 bridgehead atoms. The standard InChI is InChI=1S/C43H49N3O7/c1-5-7-23-35(48)44(4)29(3)38(32-21-15-10-16-22-32)52-42(51)36-34-24-25-43(53-34)37(36)40(49)46(33(28-47)31-19-13-9-14-20-31)39(43)41(50)45(26-6-2)27-30-17-11-8-12-18-30/h5-6,8-22,29,33-34,36-39,47H,1-2,7,23-28H2,3-4H3/t29-,33+,34-,36+,37+,38+,39-,43+/m0/s1. The van der Waals surface area contributed by atoms with E-state index in [9.17, 15) is 24.3 Å². The van der Waals surface area contributed by atoms with Crippen molar-refractivity contribution >= 4 is 23.7 Å². The first-order valence-corrected chi connectivity index (χ1v) is 18.4. The molecule has 0 aromatic heterocycles. The molecular formula is C43H49N3O7. The molecule has 53 heavy (non-hydrogen) atoms. The van der Waals surface area contributed by atoms with Gasteiger partial charge in [0.15, 0.2) is 0 Å². The molecule has 3 aliphatic heterocycles. The number of amides is 3. The van der Waals surface area contributed by atoms with Crippen molar-refractivity contribution in [1.82, 2.24) is 14.7 Å². The Morgan fingerprint density at radius 1 is 0.981 bits per heavy atom. The second-order valence-electron chi connectivity index (χ2n) is 14.2. The summed E-state index contributed by atoms with van der Waals surface area (Å²) in [6.07, 6.45) is 3.45. The number of hydrogen-bond acceptors (Lipinski definition) is 7. The van der Waals surface area contributed by atoms with Crippen LogP contribution in [-0.4, -0.2) is 87.5 Å². The summed E-state index contributed by atoms with van der Waals surface area (Å²) in [5.74, 6) is -3.55. The molecule has 278 valence electrons. The van der Waals surface area contributed by atoms with E-state index in [1.165, 1.54) is 4.90 Å². The van der Waals surface area contributed by atoms with Gasteiger partial charge in [0.2, 0.25) is 17.7 Å². The third-order valence-corrected chi connectivity index (χ3v) is 11.2. The van der Waals surface area contributed by atoms with Crippen molar-refractivity contribution in [1.29, 1.82) is 0 Å². The van der Waals surface area contributed by atoms with Gasteiger partial charge in [0.1, 0.15) is 17.7 Å². The highest BCUT2D eigenvalue weighted by Gasteiger charge is 2.76. The fourth-order valence-corrected chi connectivity index (χ4v) is 8.49. The Hall–Kier alpha value is -5.06. The lowest BCUT2D eigenvalue weighted by atomic mass is 9.70. The molecule has 0 aliphatic carbocycles. The summed E-state index contributed by atoms with van der Waals surface area (Å²) >= 11 is 0. The van der Waals surface area contributed by atoms with E-state index in [4.69, 9.17) is 9.47 Å². The molecule has 10 heteroatoms. The Morgan fingerprint density at radius 3 is 2.21 bits per heavy atom. The first kappa shape index (κ1) is 37.7.